The summed E-state index contributed by atoms with van der Waals surface area (Å²) in [5, 5.41) is 12.5. The topological polar surface area (TPSA) is 108 Å². The highest BCUT2D eigenvalue weighted by molar-refractivity contribution is 7.89. The Kier molecular flexibility index (Phi) is 8.97. The first-order chi connectivity index (χ1) is 19.0. The summed E-state index contributed by atoms with van der Waals surface area (Å²) in [6.07, 6.45) is -0.612. The van der Waals surface area contributed by atoms with Gasteiger partial charge in [0, 0.05) is 36.8 Å². The smallest absolute Gasteiger partial charge is 0.321 e. The molecule has 1 aliphatic heterocycles. The number of rotatable bonds is 7. The molecule has 4 rings (SSSR count). The van der Waals surface area contributed by atoms with Gasteiger partial charge in [-0.1, -0.05) is 37.3 Å². The number of fused-ring (bicyclic) bond motifs is 1. The van der Waals surface area contributed by atoms with E-state index in [2.05, 4.69) is 5.32 Å². The first kappa shape index (κ1) is 29.3. The van der Waals surface area contributed by atoms with Gasteiger partial charge < -0.3 is 24.8 Å². The fourth-order valence-electron chi connectivity index (χ4n) is 4.63. The molecule has 3 aromatic carbocycles. The van der Waals surface area contributed by atoms with Crippen molar-refractivity contribution < 1.29 is 32.2 Å². The van der Waals surface area contributed by atoms with E-state index in [1.54, 1.807) is 39.3 Å². The second kappa shape index (κ2) is 12.2. The van der Waals surface area contributed by atoms with Crippen LogP contribution < -0.4 is 14.8 Å². The zero-order valence-corrected chi connectivity index (χ0v) is 23.7. The van der Waals surface area contributed by atoms with E-state index in [1.165, 1.54) is 33.5 Å². The lowest BCUT2D eigenvalue weighted by molar-refractivity contribution is 0.0830. The number of urea groups is 1. The van der Waals surface area contributed by atoms with Crippen LogP contribution in [0.1, 0.15) is 13.8 Å². The maximum absolute atomic E-state index is 13.8. The van der Waals surface area contributed by atoms with E-state index in [9.17, 15) is 22.7 Å². The number of nitrogens with one attached hydrogen (secondary N) is 1. The highest BCUT2D eigenvalue weighted by Gasteiger charge is 2.38. The number of para-hydroxylation sites is 1. The Morgan fingerprint density at radius 3 is 2.65 bits per heavy atom. The van der Waals surface area contributed by atoms with Crippen LogP contribution in [0.4, 0.5) is 14.9 Å². The van der Waals surface area contributed by atoms with Gasteiger partial charge in [0.2, 0.25) is 10.0 Å². The number of amides is 2. The molecule has 0 saturated heterocycles. The van der Waals surface area contributed by atoms with Crippen molar-refractivity contribution in [2.45, 2.75) is 30.9 Å². The summed E-state index contributed by atoms with van der Waals surface area (Å²) in [6, 6.07) is 16.6. The molecule has 0 bridgehead atoms. The SMILES string of the molecule is COc1ccccc1-c1ccc2c(c1)O[C@H](CN(C)C(=O)Nc1cccc(F)c1)[C@@H](C)CN([C@@H](C)CO)S2(=O)=O. The van der Waals surface area contributed by atoms with E-state index < -0.39 is 34.0 Å². The van der Waals surface area contributed by atoms with Crippen molar-refractivity contribution >= 4 is 21.7 Å². The molecule has 2 amide bonds. The average Bonchev–Trinajstić information content (AvgIpc) is 2.94. The van der Waals surface area contributed by atoms with Crippen molar-refractivity contribution in [2.75, 3.05) is 39.2 Å². The third-order valence-electron chi connectivity index (χ3n) is 6.96. The normalized spacial score (nSPS) is 19.4. The van der Waals surface area contributed by atoms with Crippen molar-refractivity contribution in [3.8, 4) is 22.6 Å². The number of halogens is 1. The Morgan fingerprint density at radius 1 is 1.20 bits per heavy atom. The van der Waals surface area contributed by atoms with E-state index in [-0.39, 0.29) is 36.3 Å². The summed E-state index contributed by atoms with van der Waals surface area (Å²) in [4.78, 5) is 14.3. The number of carbonyl (C=O) groups is 1. The third-order valence-corrected chi connectivity index (χ3v) is 8.98. The van der Waals surface area contributed by atoms with Gasteiger partial charge in [-0.2, -0.15) is 4.31 Å². The Morgan fingerprint density at radius 2 is 1.95 bits per heavy atom. The van der Waals surface area contributed by atoms with Crippen LogP contribution in [0, 0.1) is 11.7 Å². The van der Waals surface area contributed by atoms with Crippen LogP contribution in [0.3, 0.4) is 0 Å². The van der Waals surface area contributed by atoms with Gasteiger partial charge in [0.25, 0.3) is 0 Å². The van der Waals surface area contributed by atoms with Crippen LogP contribution in [0.25, 0.3) is 11.1 Å². The Bertz CT molecular complexity index is 1470. The number of ether oxygens (including phenoxy) is 2. The van der Waals surface area contributed by atoms with Crippen molar-refractivity contribution in [1.82, 2.24) is 9.21 Å². The van der Waals surface area contributed by atoms with E-state index >= 15 is 0 Å². The zero-order chi connectivity index (χ0) is 29.0. The molecule has 1 heterocycles. The molecule has 0 unspecified atom stereocenters. The summed E-state index contributed by atoms with van der Waals surface area (Å²) in [7, 11) is -0.883. The molecule has 11 heteroatoms. The molecule has 2 N–H and O–H groups in total. The summed E-state index contributed by atoms with van der Waals surface area (Å²) in [6.45, 7) is 3.31. The number of hydrogen-bond acceptors (Lipinski definition) is 6. The fourth-order valence-corrected chi connectivity index (χ4v) is 6.46. The maximum Gasteiger partial charge on any atom is 0.321 e. The monoisotopic (exact) mass is 571 g/mol. The van der Waals surface area contributed by atoms with Crippen LogP contribution in [0.15, 0.2) is 71.6 Å². The number of aliphatic hydroxyl groups excluding tert-OH is 1. The number of anilines is 1. The van der Waals surface area contributed by atoms with Crippen LogP contribution in [0.2, 0.25) is 0 Å². The summed E-state index contributed by atoms with van der Waals surface area (Å²) in [5.74, 6) is -0.0881. The quantitative estimate of drug-likeness (QED) is 0.434. The third kappa shape index (κ3) is 6.22. The lowest BCUT2D eigenvalue weighted by Gasteiger charge is -2.37. The van der Waals surface area contributed by atoms with Gasteiger partial charge in [0.1, 0.15) is 28.3 Å². The molecule has 0 fully saturated rings. The standard InChI is InChI=1S/C29H34FN3O6S/c1-19-16-33(20(2)18-34)40(36,37)28-13-12-21(24-10-5-6-11-25(24)38-4)14-26(28)39-27(19)17-32(3)29(35)31-23-9-7-8-22(30)15-23/h5-15,19-20,27,34H,16-18H2,1-4H3,(H,31,35)/t19-,20-,27+/m0/s1. The highest BCUT2D eigenvalue weighted by atomic mass is 32.2. The van der Waals surface area contributed by atoms with E-state index in [4.69, 9.17) is 9.47 Å². The van der Waals surface area contributed by atoms with E-state index in [0.717, 1.165) is 5.56 Å². The van der Waals surface area contributed by atoms with Crippen molar-refractivity contribution in [3.05, 3.63) is 72.5 Å². The van der Waals surface area contributed by atoms with Gasteiger partial charge in [-0.15, -0.1) is 0 Å². The van der Waals surface area contributed by atoms with Gasteiger partial charge >= 0.3 is 6.03 Å². The molecule has 40 heavy (non-hydrogen) atoms. The van der Waals surface area contributed by atoms with Crippen LogP contribution in [0.5, 0.6) is 11.5 Å². The predicted molar refractivity (Wildman–Crippen MR) is 150 cm³/mol. The first-order valence-corrected chi connectivity index (χ1v) is 14.3. The number of nitrogens with zero attached hydrogens (tertiary/aromatic N) is 2. The van der Waals surface area contributed by atoms with E-state index in [1.807, 2.05) is 31.2 Å². The number of hydrogen-bond donors (Lipinski definition) is 2. The largest absolute Gasteiger partial charge is 0.496 e. The van der Waals surface area contributed by atoms with Crippen molar-refractivity contribution in [1.29, 1.82) is 0 Å². The van der Waals surface area contributed by atoms with Crippen LogP contribution in [-0.4, -0.2) is 74.8 Å². The Balaban J connectivity index is 1.71. The maximum atomic E-state index is 13.8. The number of likely N-dealkylation sites (N-methyl/N-ethyl adjacent to an activating group) is 1. The number of aliphatic hydroxyl groups is 1. The van der Waals surface area contributed by atoms with E-state index in [0.29, 0.717) is 17.0 Å². The fraction of sp³-hybridized carbons (Fsp3) is 0.345. The first-order valence-electron chi connectivity index (χ1n) is 12.9. The minimum absolute atomic E-state index is 0.0322. The molecule has 3 atom stereocenters. The predicted octanol–water partition coefficient (Wildman–Crippen LogP) is 4.43. The minimum atomic E-state index is -4.03. The second-order valence-corrected chi connectivity index (χ2v) is 11.8. The van der Waals surface area contributed by atoms with Gasteiger partial charge in [-0.3, -0.25) is 0 Å². The minimum Gasteiger partial charge on any atom is -0.496 e. The lowest BCUT2D eigenvalue weighted by atomic mass is 10.0. The summed E-state index contributed by atoms with van der Waals surface area (Å²) >= 11 is 0. The van der Waals surface area contributed by atoms with Crippen LogP contribution in [-0.2, 0) is 10.0 Å². The molecule has 0 saturated carbocycles. The lowest BCUT2D eigenvalue weighted by Crippen LogP contribution is -2.50. The zero-order valence-electron chi connectivity index (χ0n) is 22.9. The van der Waals surface area contributed by atoms with Gasteiger partial charge in [0.05, 0.1) is 20.3 Å². The highest BCUT2D eigenvalue weighted by Crippen LogP contribution is 2.38. The molecule has 214 valence electrons. The molecule has 0 spiro atoms. The molecule has 0 aromatic heterocycles. The molecule has 0 aliphatic carbocycles. The molecule has 0 radical (unpaired) electrons. The summed E-state index contributed by atoms with van der Waals surface area (Å²) < 4.78 is 54.3. The Hall–Kier alpha value is -3.67. The second-order valence-electron chi connectivity index (χ2n) is 9.92. The Labute approximate surface area is 234 Å². The van der Waals surface area contributed by atoms with Gasteiger partial charge in [-0.05, 0) is 48.9 Å². The molecular weight excluding hydrogens is 537 g/mol. The molecule has 9 nitrogen and oxygen atoms in total. The molecule has 3 aromatic rings. The van der Waals surface area contributed by atoms with Gasteiger partial charge in [-0.25, -0.2) is 17.6 Å². The van der Waals surface area contributed by atoms with Crippen molar-refractivity contribution in [2.24, 2.45) is 5.92 Å². The number of carbonyl (C=O) groups excluding carboxylic acids is 1. The van der Waals surface area contributed by atoms with Crippen molar-refractivity contribution in [3.63, 3.8) is 0 Å². The summed E-state index contributed by atoms with van der Waals surface area (Å²) in [5.41, 5.74) is 1.76. The number of benzene rings is 3. The van der Waals surface area contributed by atoms with Gasteiger partial charge in [0.15, 0.2) is 0 Å². The number of methoxy groups -OCH3 is 1. The van der Waals surface area contributed by atoms with Crippen LogP contribution >= 0.6 is 0 Å². The average molecular weight is 572 g/mol. The number of sulfonamides is 1. The molecular formula is C29H34FN3O6S. The molecule has 1 aliphatic rings.